The van der Waals surface area contributed by atoms with Crippen LogP contribution in [-0.4, -0.2) is 25.8 Å². The second kappa shape index (κ2) is 11.1. The Bertz CT molecular complexity index is 1450. The second-order valence-corrected chi connectivity index (χ2v) is 11.0. The molecule has 0 radical (unpaired) electrons. The number of carbonyl (C=O) groups excluding carboxylic acids is 2. The molecule has 6 heteroatoms. The van der Waals surface area contributed by atoms with Crippen LogP contribution in [0.2, 0.25) is 0 Å². The van der Waals surface area contributed by atoms with Gasteiger partial charge < -0.3 is 9.80 Å². The van der Waals surface area contributed by atoms with E-state index in [1.807, 2.05) is 43.3 Å². The van der Waals surface area contributed by atoms with Gasteiger partial charge in [-0.2, -0.15) is 0 Å². The van der Waals surface area contributed by atoms with Gasteiger partial charge in [0, 0.05) is 37.0 Å². The first-order valence-electron chi connectivity index (χ1n) is 14.0. The maximum atomic E-state index is 15.6. The summed E-state index contributed by atoms with van der Waals surface area (Å²) < 4.78 is 39.5. The van der Waals surface area contributed by atoms with Gasteiger partial charge in [-0.05, 0) is 97.2 Å². The Morgan fingerprint density at radius 2 is 1.69 bits per heavy atom. The summed E-state index contributed by atoms with van der Waals surface area (Å²) in [5.74, 6) is -1.23. The lowest BCUT2D eigenvalue weighted by atomic mass is 9.87. The van der Waals surface area contributed by atoms with Crippen molar-refractivity contribution >= 4 is 29.1 Å². The molecule has 2 bridgehead atoms. The van der Waals surface area contributed by atoms with Crippen LogP contribution in [0, 0.1) is 29.4 Å². The molecule has 2 aliphatic rings. The fraction of sp³-hybridized carbons (Fsp3) is 0.333. The minimum Gasteiger partial charge on any atom is -0.378 e. The zero-order valence-corrected chi connectivity index (χ0v) is 22.5. The minimum absolute atomic E-state index is 0.0373. The predicted octanol–water partition coefficient (Wildman–Crippen LogP) is 7.27. The summed E-state index contributed by atoms with van der Waals surface area (Å²) in [6, 6.07) is 16.4. The number of halogens is 2. The van der Waals surface area contributed by atoms with E-state index < -0.39 is 18.2 Å². The number of amides is 1. The zero-order valence-electron chi connectivity index (χ0n) is 23.5. The van der Waals surface area contributed by atoms with E-state index in [2.05, 4.69) is 0 Å². The Morgan fingerprint density at radius 3 is 2.31 bits per heavy atom. The molecule has 0 aliphatic heterocycles. The molecule has 0 N–H and O–H groups in total. The summed E-state index contributed by atoms with van der Waals surface area (Å²) in [6.07, 6.45) is 6.59. The highest BCUT2D eigenvalue weighted by Crippen LogP contribution is 2.49. The quantitative estimate of drug-likeness (QED) is 0.288. The van der Waals surface area contributed by atoms with Crippen LogP contribution < -0.4 is 9.80 Å². The van der Waals surface area contributed by atoms with Crippen LogP contribution in [0.15, 0.2) is 66.7 Å². The van der Waals surface area contributed by atoms with Crippen LogP contribution in [0.1, 0.15) is 45.1 Å². The first-order chi connectivity index (χ1) is 19.1. The van der Waals surface area contributed by atoms with Gasteiger partial charge in [0.2, 0.25) is 5.91 Å². The van der Waals surface area contributed by atoms with E-state index in [-0.39, 0.29) is 34.8 Å². The van der Waals surface area contributed by atoms with Gasteiger partial charge in [-0.25, -0.2) is 8.78 Å². The average molecular weight is 530 g/mol. The number of fused-ring (bicyclic) bond motifs is 2. The summed E-state index contributed by atoms with van der Waals surface area (Å²) in [5.41, 5.74) is 3.12. The SMILES string of the molecule is [2H]C(c1ccc(-c2ccc(N(C)C)cc2)cc1F)N(C(=O)[C@@H]1C[C@@H]2CC[C@H]1C2)c1cc(F)cc(/C=C/C(C)=O)c1. The van der Waals surface area contributed by atoms with E-state index in [1.165, 1.54) is 42.2 Å². The van der Waals surface area contributed by atoms with Crippen molar-refractivity contribution in [3.63, 3.8) is 0 Å². The molecule has 5 rings (SSSR count). The van der Waals surface area contributed by atoms with Crippen LogP contribution in [0.3, 0.4) is 0 Å². The summed E-state index contributed by atoms with van der Waals surface area (Å²) in [4.78, 5) is 28.7. The van der Waals surface area contributed by atoms with Crippen LogP contribution >= 0.6 is 0 Å². The highest BCUT2D eigenvalue weighted by molar-refractivity contribution is 5.96. The summed E-state index contributed by atoms with van der Waals surface area (Å²) in [6.45, 7) is -0.0203. The molecule has 1 amide bonds. The lowest BCUT2D eigenvalue weighted by molar-refractivity contribution is -0.124. The highest BCUT2D eigenvalue weighted by atomic mass is 19.1. The average Bonchev–Trinajstić information content (AvgIpc) is 3.56. The van der Waals surface area contributed by atoms with Gasteiger partial charge in [-0.1, -0.05) is 36.8 Å². The van der Waals surface area contributed by atoms with Crippen LogP contribution in [0.25, 0.3) is 17.2 Å². The fourth-order valence-electron chi connectivity index (χ4n) is 5.94. The molecule has 4 nitrogen and oxygen atoms in total. The Hall–Kier alpha value is -3.80. The fourth-order valence-corrected chi connectivity index (χ4v) is 5.94. The number of carbonyl (C=O) groups is 2. The summed E-state index contributed by atoms with van der Waals surface area (Å²) in [7, 11) is 3.89. The van der Waals surface area contributed by atoms with E-state index in [4.69, 9.17) is 1.37 Å². The lowest BCUT2D eigenvalue weighted by Crippen LogP contribution is -2.38. The third-order valence-electron chi connectivity index (χ3n) is 7.97. The van der Waals surface area contributed by atoms with Crippen molar-refractivity contribution in [3.05, 3.63) is 89.5 Å². The molecule has 2 aliphatic carbocycles. The van der Waals surface area contributed by atoms with E-state index in [0.29, 0.717) is 17.0 Å². The highest BCUT2D eigenvalue weighted by Gasteiger charge is 2.44. The summed E-state index contributed by atoms with van der Waals surface area (Å²) in [5, 5.41) is 0. The minimum atomic E-state index is -1.41. The molecule has 2 fully saturated rings. The van der Waals surface area contributed by atoms with Gasteiger partial charge in [0.15, 0.2) is 5.78 Å². The first kappa shape index (κ1) is 25.5. The molecule has 0 aromatic heterocycles. The number of benzene rings is 3. The topological polar surface area (TPSA) is 40.6 Å². The number of anilines is 2. The smallest absolute Gasteiger partial charge is 0.230 e. The van der Waals surface area contributed by atoms with Gasteiger partial charge in [0.25, 0.3) is 0 Å². The number of nitrogens with zero attached hydrogens (tertiary/aromatic N) is 2. The Kier molecular flexibility index (Phi) is 7.27. The maximum Gasteiger partial charge on any atom is 0.230 e. The van der Waals surface area contributed by atoms with E-state index in [0.717, 1.165) is 36.9 Å². The van der Waals surface area contributed by atoms with Crippen molar-refractivity contribution in [1.29, 1.82) is 0 Å². The number of allylic oxidation sites excluding steroid dienone is 1. The van der Waals surface area contributed by atoms with Gasteiger partial charge in [-0.15, -0.1) is 0 Å². The first-order valence-corrected chi connectivity index (χ1v) is 13.4. The van der Waals surface area contributed by atoms with Gasteiger partial charge in [0.1, 0.15) is 11.6 Å². The molecule has 2 saturated carbocycles. The molecular formula is C33H34F2N2O2. The van der Waals surface area contributed by atoms with E-state index in [9.17, 15) is 14.0 Å². The predicted molar refractivity (Wildman–Crippen MR) is 152 cm³/mol. The molecule has 4 atom stereocenters. The van der Waals surface area contributed by atoms with E-state index in [1.54, 1.807) is 18.2 Å². The number of hydrogen-bond donors (Lipinski definition) is 0. The zero-order chi connectivity index (χ0) is 28.6. The third kappa shape index (κ3) is 5.95. The Morgan fingerprint density at radius 1 is 0.949 bits per heavy atom. The largest absolute Gasteiger partial charge is 0.378 e. The van der Waals surface area contributed by atoms with Gasteiger partial charge in [0.05, 0.1) is 7.89 Å². The van der Waals surface area contributed by atoms with Crippen molar-refractivity contribution in [3.8, 4) is 11.1 Å². The third-order valence-corrected chi connectivity index (χ3v) is 7.97. The molecule has 0 heterocycles. The van der Waals surface area contributed by atoms with Crippen molar-refractivity contribution in [2.24, 2.45) is 17.8 Å². The second-order valence-electron chi connectivity index (χ2n) is 11.0. The van der Waals surface area contributed by atoms with E-state index >= 15 is 4.39 Å². The van der Waals surface area contributed by atoms with Crippen molar-refractivity contribution in [2.75, 3.05) is 23.9 Å². The normalized spacial score (nSPS) is 21.2. The number of ketones is 1. The molecule has 3 aromatic carbocycles. The number of hydrogen-bond acceptors (Lipinski definition) is 3. The molecular weight excluding hydrogens is 494 g/mol. The Labute approximate surface area is 230 Å². The number of rotatable bonds is 8. The standard InChI is InChI=1S/C33H34F2N2O2/c1-21(38)4-5-23-15-28(34)19-30(16-23)37(33(39)31-17-22-6-7-26(31)14-22)20-27-9-8-25(18-32(27)35)24-10-12-29(13-11-24)36(2)3/h4-5,8-13,15-16,18-19,22,26,31H,6-7,14,17,20H2,1-3H3/b5-4+/t22-,26+,31-/m1/s1/i20D/t20?,22-,26+,31-. The lowest BCUT2D eigenvalue weighted by Gasteiger charge is -2.30. The van der Waals surface area contributed by atoms with Crippen molar-refractivity contribution in [1.82, 2.24) is 0 Å². The van der Waals surface area contributed by atoms with Crippen LogP contribution in [0.5, 0.6) is 0 Å². The molecule has 1 unspecified atom stereocenters. The van der Waals surface area contributed by atoms with Crippen LogP contribution in [0.4, 0.5) is 20.2 Å². The van der Waals surface area contributed by atoms with Crippen molar-refractivity contribution < 1.29 is 19.7 Å². The van der Waals surface area contributed by atoms with Crippen molar-refractivity contribution in [2.45, 2.75) is 39.1 Å². The monoisotopic (exact) mass is 529 g/mol. The molecule has 3 aromatic rings. The summed E-state index contributed by atoms with van der Waals surface area (Å²) >= 11 is 0. The Balaban J connectivity index is 1.51. The molecule has 0 saturated heterocycles. The van der Waals surface area contributed by atoms with Gasteiger partial charge in [-0.3, -0.25) is 9.59 Å². The maximum absolute atomic E-state index is 15.6. The molecule has 0 spiro atoms. The molecule has 39 heavy (non-hydrogen) atoms. The van der Waals surface area contributed by atoms with Crippen LogP contribution in [-0.2, 0) is 16.1 Å². The molecule has 202 valence electrons. The van der Waals surface area contributed by atoms with Gasteiger partial charge >= 0.3 is 0 Å².